The summed E-state index contributed by atoms with van der Waals surface area (Å²) in [6, 6.07) is 0. The van der Waals surface area contributed by atoms with E-state index in [4.69, 9.17) is 11.1 Å². The van der Waals surface area contributed by atoms with Gasteiger partial charge in [0, 0.05) is 12.5 Å². The van der Waals surface area contributed by atoms with E-state index in [0.717, 1.165) is 0 Å². The lowest BCUT2D eigenvalue weighted by atomic mass is 10.2. The standard InChI is InChI=1S/C6H13F3N4O2S/c1-4(5(10)11)2-12-16(14,15)13-3-6(7,8)9/h4,12-13H,2-3H2,1H3,(H3,10,11). The molecule has 6 nitrogen and oxygen atoms in total. The van der Waals surface area contributed by atoms with Crippen LogP contribution in [0, 0.1) is 11.3 Å². The minimum Gasteiger partial charge on any atom is -0.387 e. The summed E-state index contributed by atoms with van der Waals surface area (Å²) in [6.45, 7) is -0.409. The second-order valence-corrected chi connectivity index (χ2v) is 4.73. The molecule has 1 unspecified atom stereocenters. The third-order valence-electron chi connectivity index (χ3n) is 1.57. The summed E-state index contributed by atoms with van der Waals surface area (Å²) in [5.74, 6) is -0.832. The maximum atomic E-state index is 11.7. The van der Waals surface area contributed by atoms with Crippen molar-refractivity contribution >= 4 is 16.0 Å². The van der Waals surface area contributed by atoms with Gasteiger partial charge in [-0.05, 0) is 0 Å². The van der Waals surface area contributed by atoms with Crippen molar-refractivity contribution in [2.45, 2.75) is 13.1 Å². The normalized spacial score (nSPS) is 14.8. The molecule has 0 bridgehead atoms. The Balaban J connectivity index is 4.12. The Morgan fingerprint density at radius 3 is 2.31 bits per heavy atom. The van der Waals surface area contributed by atoms with Crippen molar-refractivity contribution in [3.05, 3.63) is 0 Å². The van der Waals surface area contributed by atoms with Crippen molar-refractivity contribution in [1.29, 1.82) is 5.41 Å². The van der Waals surface area contributed by atoms with E-state index in [1.807, 2.05) is 4.72 Å². The SMILES string of the molecule is CC(CNS(=O)(=O)NCC(F)(F)F)C(=N)N. The predicted molar refractivity (Wildman–Crippen MR) is 52.1 cm³/mol. The first kappa shape index (κ1) is 15.1. The number of hydrogen-bond donors (Lipinski definition) is 4. The Labute approximate surface area is 91.1 Å². The first-order chi connectivity index (χ1) is 7.03. The van der Waals surface area contributed by atoms with Crippen LogP contribution in [-0.2, 0) is 10.2 Å². The molecule has 0 fully saturated rings. The van der Waals surface area contributed by atoms with E-state index in [9.17, 15) is 21.6 Å². The zero-order valence-electron chi connectivity index (χ0n) is 8.43. The Bertz CT molecular complexity index is 340. The fourth-order valence-corrected chi connectivity index (χ4v) is 1.50. The number of halogens is 3. The number of nitrogens with two attached hydrogens (primary N) is 1. The van der Waals surface area contributed by atoms with Crippen molar-refractivity contribution in [3.8, 4) is 0 Å². The fraction of sp³-hybridized carbons (Fsp3) is 0.833. The summed E-state index contributed by atoms with van der Waals surface area (Å²) in [6.07, 6.45) is -4.61. The van der Waals surface area contributed by atoms with Crippen LogP contribution in [0.1, 0.15) is 6.92 Å². The molecule has 16 heavy (non-hydrogen) atoms. The molecule has 0 aromatic carbocycles. The minimum absolute atomic E-state index is 0.234. The minimum atomic E-state index is -4.61. The van der Waals surface area contributed by atoms with Gasteiger partial charge in [0.1, 0.15) is 6.54 Å². The molecule has 1 atom stereocenters. The molecule has 0 aliphatic rings. The van der Waals surface area contributed by atoms with Crippen LogP contribution in [-0.4, -0.2) is 33.5 Å². The van der Waals surface area contributed by atoms with E-state index in [1.54, 1.807) is 0 Å². The predicted octanol–water partition coefficient (Wildman–Crippen LogP) is -0.455. The van der Waals surface area contributed by atoms with Crippen molar-refractivity contribution in [2.75, 3.05) is 13.1 Å². The summed E-state index contributed by atoms with van der Waals surface area (Å²) < 4.78 is 60.2. The number of alkyl halides is 3. The van der Waals surface area contributed by atoms with Gasteiger partial charge in [0.05, 0.1) is 5.84 Å². The summed E-state index contributed by atoms with van der Waals surface area (Å²) in [4.78, 5) is 0. The highest BCUT2D eigenvalue weighted by atomic mass is 32.2. The Morgan fingerprint density at radius 1 is 1.44 bits per heavy atom. The fourth-order valence-electron chi connectivity index (χ4n) is 0.573. The molecule has 0 spiro atoms. The van der Waals surface area contributed by atoms with Crippen LogP contribution >= 0.6 is 0 Å². The van der Waals surface area contributed by atoms with Gasteiger partial charge in [-0.1, -0.05) is 6.92 Å². The Kier molecular flexibility index (Phi) is 5.16. The molecule has 0 rings (SSSR count). The average Bonchev–Trinajstić information content (AvgIpc) is 2.10. The zero-order valence-corrected chi connectivity index (χ0v) is 9.24. The number of rotatable bonds is 6. The van der Waals surface area contributed by atoms with Crippen LogP contribution in [0.3, 0.4) is 0 Å². The van der Waals surface area contributed by atoms with Crippen molar-refractivity contribution in [1.82, 2.24) is 9.44 Å². The number of nitrogens with one attached hydrogen (secondary N) is 3. The third-order valence-corrected chi connectivity index (χ3v) is 2.64. The first-order valence-electron chi connectivity index (χ1n) is 4.18. The highest BCUT2D eigenvalue weighted by Gasteiger charge is 2.29. The van der Waals surface area contributed by atoms with Crippen LogP contribution in [0.4, 0.5) is 13.2 Å². The van der Waals surface area contributed by atoms with Crippen LogP contribution < -0.4 is 15.2 Å². The molecule has 10 heteroatoms. The molecule has 0 aliphatic heterocycles. The highest BCUT2D eigenvalue weighted by Crippen LogP contribution is 2.12. The molecule has 0 aliphatic carbocycles. The molecule has 0 radical (unpaired) electrons. The second kappa shape index (κ2) is 5.46. The average molecular weight is 262 g/mol. The van der Waals surface area contributed by atoms with Gasteiger partial charge in [-0.2, -0.15) is 26.3 Å². The summed E-state index contributed by atoms with van der Waals surface area (Å²) in [5, 5.41) is 6.95. The molecule has 0 amide bonds. The van der Waals surface area contributed by atoms with Crippen LogP contribution in [0.15, 0.2) is 0 Å². The molecule has 0 saturated heterocycles. The summed E-state index contributed by atoms with van der Waals surface area (Å²) >= 11 is 0. The number of amidine groups is 1. The van der Waals surface area contributed by atoms with Gasteiger partial charge < -0.3 is 5.73 Å². The maximum Gasteiger partial charge on any atom is 0.402 e. The molecular formula is C6H13F3N4O2S. The van der Waals surface area contributed by atoms with Gasteiger partial charge in [-0.25, -0.2) is 4.72 Å². The molecule has 0 aromatic heterocycles. The molecule has 96 valence electrons. The van der Waals surface area contributed by atoms with Crippen LogP contribution in [0.5, 0.6) is 0 Å². The van der Waals surface area contributed by atoms with E-state index in [2.05, 4.69) is 0 Å². The molecule has 0 saturated carbocycles. The molecular weight excluding hydrogens is 249 g/mol. The lowest BCUT2D eigenvalue weighted by Gasteiger charge is -2.13. The van der Waals surface area contributed by atoms with Gasteiger partial charge in [0.15, 0.2) is 0 Å². The van der Waals surface area contributed by atoms with E-state index in [-0.39, 0.29) is 12.4 Å². The summed E-state index contributed by atoms with van der Waals surface area (Å²) in [5.41, 5.74) is 5.06. The lowest BCUT2D eigenvalue weighted by Crippen LogP contribution is -2.44. The van der Waals surface area contributed by atoms with E-state index in [1.165, 1.54) is 11.6 Å². The van der Waals surface area contributed by atoms with Crippen molar-refractivity contribution in [2.24, 2.45) is 11.7 Å². The summed E-state index contributed by atoms with van der Waals surface area (Å²) in [7, 11) is -4.22. The third kappa shape index (κ3) is 7.43. The van der Waals surface area contributed by atoms with Crippen LogP contribution in [0.25, 0.3) is 0 Å². The van der Waals surface area contributed by atoms with E-state index < -0.39 is 28.8 Å². The maximum absolute atomic E-state index is 11.7. The first-order valence-corrected chi connectivity index (χ1v) is 5.67. The van der Waals surface area contributed by atoms with Crippen molar-refractivity contribution < 1.29 is 21.6 Å². The molecule has 0 aromatic rings. The zero-order chi connectivity index (χ0) is 13.0. The Hall–Kier alpha value is -0.870. The van der Waals surface area contributed by atoms with Crippen molar-refractivity contribution in [3.63, 3.8) is 0 Å². The monoisotopic (exact) mass is 262 g/mol. The van der Waals surface area contributed by atoms with Gasteiger partial charge in [-0.3, -0.25) is 5.41 Å². The van der Waals surface area contributed by atoms with E-state index in [0.29, 0.717) is 0 Å². The second-order valence-electron chi connectivity index (χ2n) is 3.14. The van der Waals surface area contributed by atoms with Gasteiger partial charge in [-0.15, -0.1) is 0 Å². The lowest BCUT2D eigenvalue weighted by molar-refractivity contribution is -0.121. The van der Waals surface area contributed by atoms with Gasteiger partial charge >= 0.3 is 6.18 Å². The highest BCUT2D eigenvalue weighted by molar-refractivity contribution is 7.87. The largest absolute Gasteiger partial charge is 0.402 e. The van der Waals surface area contributed by atoms with Gasteiger partial charge in [0.2, 0.25) is 0 Å². The Morgan fingerprint density at radius 2 is 1.94 bits per heavy atom. The topological polar surface area (TPSA) is 108 Å². The number of hydrogen-bond acceptors (Lipinski definition) is 3. The smallest absolute Gasteiger partial charge is 0.387 e. The molecule has 5 N–H and O–H groups in total. The quantitative estimate of drug-likeness (QED) is 0.384. The van der Waals surface area contributed by atoms with Crippen LogP contribution in [0.2, 0.25) is 0 Å². The van der Waals surface area contributed by atoms with Gasteiger partial charge in [0.25, 0.3) is 10.2 Å². The van der Waals surface area contributed by atoms with E-state index >= 15 is 0 Å². The molecule has 0 heterocycles.